The van der Waals surface area contributed by atoms with Gasteiger partial charge in [-0.2, -0.15) is 0 Å². The van der Waals surface area contributed by atoms with Crippen molar-refractivity contribution in [2.45, 2.75) is 37.8 Å². The molecule has 1 saturated carbocycles. The highest BCUT2D eigenvalue weighted by molar-refractivity contribution is 9.11. The van der Waals surface area contributed by atoms with Crippen LogP contribution in [0.3, 0.4) is 0 Å². The Morgan fingerprint density at radius 2 is 2.00 bits per heavy atom. The van der Waals surface area contributed by atoms with Crippen LogP contribution in [0.25, 0.3) is 0 Å². The summed E-state index contributed by atoms with van der Waals surface area (Å²) in [6, 6.07) is 5.74. The molecule has 18 heavy (non-hydrogen) atoms. The fourth-order valence-electron chi connectivity index (χ4n) is 2.26. The molecule has 2 atom stereocenters. The number of rotatable bonds is 2. The average Bonchev–Trinajstić information content (AvgIpc) is 2.35. The molecule has 0 saturated heterocycles. The van der Waals surface area contributed by atoms with Crippen LogP contribution >= 0.6 is 31.9 Å². The van der Waals surface area contributed by atoms with E-state index in [0.717, 1.165) is 34.6 Å². The van der Waals surface area contributed by atoms with Crippen molar-refractivity contribution in [2.75, 3.05) is 0 Å². The topological polar surface area (TPSA) is 55.1 Å². The van der Waals surface area contributed by atoms with Crippen molar-refractivity contribution in [3.63, 3.8) is 0 Å². The van der Waals surface area contributed by atoms with Gasteiger partial charge in [0.15, 0.2) is 0 Å². The smallest absolute Gasteiger partial charge is 0.252 e. The third-order valence-corrected chi connectivity index (χ3v) is 4.49. The molecule has 1 aliphatic rings. The Balaban J connectivity index is 2.09. The lowest BCUT2D eigenvalue weighted by atomic mass is 9.91. The zero-order valence-electron chi connectivity index (χ0n) is 9.96. The van der Waals surface area contributed by atoms with Crippen LogP contribution in [0.15, 0.2) is 27.1 Å². The van der Waals surface area contributed by atoms with Gasteiger partial charge in [0, 0.05) is 21.0 Å². The van der Waals surface area contributed by atoms with E-state index in [4.69, 9.17) is 5.73 Å². The molecule has 0 spiro atoms. The fraction of sp³-hybridized carbons (Fsp3) is 0.462. The summed E-state index contributed by atoms with van der Waals surface area (Å²) >= 11 is 6.77. The molecule has 1 amide bonds. The van der Waals surface area contributed by atoms with Gasteiger partial charge in [0.1, 0.15) is 0 Å². The van der Waals surface area contributed by atoms with Crippen LogP contribution in [0, 0.1) is 0 Å². The summed E-state index contributed by atoms with van der Waals surface area (Å²) in [5, 5.41) is 3.04. The summed E-state index contributed by atoms with van der Waals surface area (Å²) in [4.78, 5) is 12.2. The summed E-state index contributed by atoms with van der Waals surface area (Å²) in [6.45, 7) is 0. The van der Waals surface area contributed by atoms with Crippen molar-refractivity contribution in [3.05, 3.63) is 32.7 Å². The Bertz CT molecular complexity index is 451. The second kappa shape index (κ2) is 6.17. The molecule has 2 unspecified atom stereocenters. The van der Waals surface area contributed by atoms with Crippen molar-refractivity contribution in [1.29, 1.82) is 0 Å². The highest BCUT2D eigenvalue weighted by Gasteiger charge is 2.24. The van der Waals surface area contributed by atoms with Gasteiger partial charge in [0.25, 0.3) is 5.91 Å². The normalized spacial score (nSPS) is 23.7. The first-order valence-electron chi connectivity index (χ1n) is 6.09. The lowest BCUT2D eigenvalue weighted by Crippen LogP contribution is -2.49. The minimum absolute atomic E-state index is 0.0643. The summed E-state index contributed by atoms with van der Waals surface area (Å²) in [7, 11) is 0. The second-order valence-electron chi connectivity index (χ2n) is 4.65. The molecule has 0 heterocycles. The molecular formula is C13H16Br2N2O. The van der Waals surface area contributed by atoms with Crippen molar-refractivity contribution >= 4 is 37.8 Å². The molecule has 1 aromatic rings. The van der Waals surface area contributed by atoms with Crippen molar-refractivity contribution in [3.8, 4) is 0 Å². The Morgan fingerprint density at radius 3 is 2.72 bits per heavy atom. The van der Waals surface area contributed by atoms with E-state index in [0.29, 0.717) is 5.56 Å². The standard InChI is InChI=1S/C13H16Br2N2O/c14-8-5-6-10(15)9(7-8)13(18)17-12-4-2-1-3-11(12)16/h5-7,11-12H,1-4,16H2,(H,17,18). The zero-order chi connectivity index (χ0) is 13.1. The minimum atomic E-state index is -0.0643. The van der Waals surface area contributed by atoms with Crippen LogP contribution < -0.4 is 11.1 Å². The Hall–Kier alpha value is -0.390. The second-order valence-corrected chi connectivity index (χ2v) is 6.42. The Morgan fingerprint density at radius 1 is 1.28 bits per heavy atom. The number of carbonyl (C=O) groups excluding carboxylic acids is 1. The molecule has 0 radical (unpaired) electrons. The van der Waals surface area contributed by atoms with Crippen molar-refractivity contribution < 1.29 is 4.79 Å². The van der Waals surface area contributed by atoms with Crippen LogP contribution in [-0.4, -0.2) is 18.0 Å². The molecule has 1 aliphatic carbocycles. The van der Waals surface area contributed by atoms with E-state index in [2.05, 4.69) is 37.2 Å². The maximum Gasteiger partial charge on any atom is 0.252 e. The van der Waals surface area contributed by atoms with Gasteiger partial charge in [0.05, 0.1) is 5.56 Å². The van der Waals surface area contributed by atoms with Gasteiger partial charge in [0.2, 0.25) is 0 Å². The third-order valence-electron chi connectivity index (χ3n) is 3.31. The first-order valence-corrected chi connectivity index (χ1v) is 7.68. The SMILES string of the molecule is NC1CCCCC1NC(=O)c1cc(Br)ccc1Br. The molecule has 0 aliphatic heterocycles. The minimum Gasteiger partial charge on any atom is -0.348 e. The lowest BCUT2D eigenvalue weighted by molar-refractivity contribution is 0.0920. The maximum atomic E-state index is 12.2. The summed E-state index contributed by atoms with van der Waals surface area (Å²) < 4.78 is 1.69. The number of hydrogen-bond acceptors (Lipinski definition) is 2. The Kier molecular flexibility index (Phi) is 4.81. The first-order chi connectivity index (χ1) is 8.58. The molecule has 3 nitrogen and oxygen atoms in total. The van der Waals surface area contributed by atoms with Gasteiger partial charge in [-0.15, -0.1) is 0 Å². The predicted molar refractivity (Wildman–Crippen MR) is 79.5 cm³/mol. The zero-order valence-corrected chi connectivity index (χ0v) is 13.1. The van der Waals surface area contributed by atoms with E-state index >= 15 is 0 Å². The number of nitrogens with two attached hydrogens (primary N) is 1. The molecule has 1 fully saturated rings. The number of carbonyl (C=O) groups is 1. The molecule has 3 N–H and O–H groups in total. The van der Waals surface area contributed by atoms with E-state index in [1.54, 1.807) is 0 Å². The van der Waals surface area contributed by atoms with Crippen LogP contribution in [0.1, 0.15) is 36.0 Å². The van der Waals surface area contributed by atoms with Crippen LogP contribution in [0.4, 0.5) is 0 Å². The number of halogens is 2. The number of benzene rings is 1. The molecular weight excluding hydrogens is 360 g/mol. The van der Waals surface area contributed by atoms with Gasteiger partial charge in [-0.3, -0.25) is 4.79 Å². The molecule has 1 aromatic carbocycles. The molecule has 2 rings (SSSR count). The molecule has 0 bridgehead atoms. The van der Waals surface area contributed by atoms with Crippen LogP contribution in [0.5, 0.6) is 0 Å². The van der Waals surface area contributed by atoms with Gasteiger partial charge in [-0.1, -0.05) is 28.8 Å². The number of hydrogen-bond donors (Lipinski definition) is 2. The largest absolute Gasteiger partial charge is 0.348 e. The summed E-state index contributed by atoms with van der Waals surface area (Å²) in [5.41, 5.74) is 6.68. The summed E-state index contributed by atoms with van der Waals surface area (Å²) in [6.07, 6.45) is 4.26. The quantitative estimate of drug-likeness (QED) is 0.833. The van der Waals surface area contributed by atoms with E-state index < -0.39 is 0 Å². The predicted octanol–water partition coefficient (Wildman–Crippen LogP) is 3.21. The molecule has 0 aromatic heterocycles. The fourth-order valence-corrected chi connectivity index (χ4v) is 3.04. The Labute approximate surface area is 124 Å². The lowest BCUT2D eigenvalue weighted by Gasteiger charge is -2.29. The molecule has 98 valence electrons. The number of nitrogens with one attached hydrogen (secondary N) is 1. The highest BCUT2D eigenvalue weighted by atomic mass is 79.9. The van der Waals surface area contributed by atoms with Gasteiger partial charge < -0.3 is 11.1 Å². The highest BCUT2D eigenvalue weighted by Crippen LogP contribution is 2.23. The third kappa shape index (κ3) is 3.33. The van der Waals surface area contributed by atoms with E-state index in [-0.39, 0.29) is 18.0 Å². The van der Waals surface area contributed by atoms with Crippen LogP contribution in [-0.2, 0) is 0 Å². The summed E-state index contributed by atoms with van der Waals surface area (Å²) in [5.74, 6) is -0.0643. The van der Waals surface area contributed by atoms with E-state index in [1.807, 2.05) is 18.2 Å². The monoisotopic (exact) mass is 374 g/mol. The number of amides is 1. The van der Waals surface area contributed by atoms with Crippen molar-refractivity contribution in [2.24, 2.45) is 5.73 Å². The van der Waals surface area contributed by atoms with Gasteiger partial charge in [-0.05, 0) is 47.0 Å². The first kappa shape index (κ1) is 14.0. The molecule has 5 heteroatoms. The average molecular weight is 376 g/mol. The van der Waals surface area contributed by atoms with E-state index in [1.165, 1.54) is 0 Å². The van der Waals surface area contributed by atoms with Gasteiger partial charge >= 0.3 is 0 Å². The maximum absolute atomic E-state index is 12.2. The van der Waals surface area contributed by atoms with Crippen molar-refractivity contribution in [1.82, 2.24) is 5.32 Å². The van der Waals surface area contributed by atoms with E-state index in [9.17, 15) is 4.79 Å². The van der Waals surface area contributed by atoms with Gasteiger partial charge in [-0.25, -0.2) is 0 Å². The van der Waals surface area contributed by atoms with Crippen LogP contribution in [0.2, 0.25) is 0 Å².